The zero-order valence-corrected chi connectivity index (χ0v) is 7.30. The van der Waals surface area contributed by atoms with Crippen LogP contribution in [0.4, 0.5) is 4.79 Å². The summed E-state index contributed by atoms with van der Waals surface area (Å²) in [6.07, 6.45) is 3.10. The van der Waals surface area contributed by atoms with E-state index in [4.69, 9.17) is 5.73 Å². The first kappa shape index (κ1) is 8.50. The molecule has 1 spiro atoms. The lowest BCUT2D eigenvalue weighted by Crippen LogP contribution is -2.53. The first-order valence-electron chi connectivity index (χ1n) is 4.52. The van der Waals surface area contributed by atoms with Crippen LogP contribution in [0.5, 0.6) is 0 Å². The summed E-state index contributed by atoms with van der Waals surface area (Å²) < 4.78 is 0. The minimum absolute atomic E-state index is 0.0258. The minimum Gasteiger partial charge on any atom is -0.328 e. The van der Waals surface area contributed by atoms with Crippen LogP contribution in [0.15, 0.2) is 0 Å². The topological polar surface area (TPSA) is 84.2 Å². The lowest BCUT2D eigenvalue weighted by atomic mass is 9.79. The highest BCUT2D eigenvalue weighted by molar-refractivity contribution is 6.07. The van der Waals surface area contributed by atoms with Gasteiger partial charge in [0.15, 0.2) is 0 Å². The molecule has 72 valence electrons. The molecule has 0 aromatic heterocycles. The number of amides is 3. The van der Waals surface area contributed by atoms with Gasteiger partial charge >= 0.3 is 6.03 Å². The molecule has 13 heavy (non-hydrogen) atoms. The number of nitrogens with one attached hydrogen (secondary N) is 2. The Labute approximate surface area is 76.0 Å². The Morgan fingerprint density at radius 3 is 2.77 bits per heavy atom. The molecular formula is C8H13N3O2. The van der Waals surface area contributed by atoms with Crippen LogP contribution in [0.1, 0.15) is 25.7 Å². The molecule has 2 aliphatic rings. The second-order valence-electron chi connectivity index (χ2n) is 3.85. The Bertz CT molecular complexity index is 266. The zero-order valence-electron chi connectivity index (χ0n) is 7.30. The highest BCUT2D eigenvalue weighted by atomic mass is 16.2. The van der Waals surface area contributed by atoms with Crippen LogP contribution in [0.25, 0.3) is 0 Å². The van der Waals surface area contributed by atoms with Crippen molar-refractivity contribution in [3.63, 3.8) is 0 Å². The lowest BCUT2D eigenvalue weighted by molar-refractivity contribution is -0.125. The van der Waals surface area contributed by atoms with Crippen LogP contribution in [0.2, 0.25) is 0 Å². The Balaban J connectivity index is 2.19. The van der Waals surface area contributed by atoms with Crippen LogP contribution >= 0.6 is 0 Å². The molecule has 5 heteroatoms. The van der Waals surface area contributed by atoms with Crippen molar-refractivity contribution >= 4 is 11.9 Å². The second kappa shape index (κ2) is 2.70. The molecule has 5 nitrogen and oxygen atoms in total. The van der Waals surface area contributed by atoms with Gasteiger partial charge in [0.05, 0.1) is 0 Å². The summed E-state index contributed by atoms with van der Waals surface area (Å²) in [5.74, 6) is -0.215. The van der Waals surface area contributed by atoms with Gasteiger partial charge in [0.1, 0.15) is 5.54 Å². The number of carbonyl (C=O) groups is 2. The average Bonchev–Trinajstić information content (AvgIpc) is 2.26. The van der Waals surface area contributed by atoms with E-state index in [1.807, 2.05) is 0 Å². The van der Waals surface area contributed by atoms with Crippen molar-refractivity contribution in [2.24, 2.45) is 5.73 Å². The highest BCUT2D eigenvalue weighted by Crippen LogP contribution is 2.29. The van der Waals surface area contributed by atoms with Gasteiger partial charge in [0.25, 0.3) is 5.91 Å². The fourth-order valence-corrected chi connectivity index (χ4v) is 2.17. The number of nitrogens with two attached hydrogens (primary N) is 1. The lowest BCUT2D eigenvalue weighted by Gasteiger charge is -2.33. The van der Waals surface area contributed by atoms with Gasteiger partial charge in [-0.05, 0) is 25.7 Å². The number of rotatable bonds is 0. The van der Waals surface area contributed by atoms with E-state index in [0.717, 1.165) is 12.8 Å². The molecule has 1 aliphatic heterocycles. The second-order valence-corrected chi connectivity index (χ2v) is 3.85. The van der Waals surface area contributed by atoms with Crippen LogP contribution in [-0.4, -0.2) is 23.5 Å². The maximum absolute atomic E-state index is 11.5. The van der Waals surface area contributed by atoms with E-state index in [9.17, 15) is 9.59 Å². The van der Waals surface area contributed by atoms with Crippen molar-refractivity contribution in [2.45, 2.75) is 37.3 Å². The summed E-state index contributed by atoms with van der Waals surface area (Å²) in [6, 6.07) is -0.364. The normalized spacial score (nSPS) is 39.0. The van der Waals surface area contributed by atoms with Gasteiger partial charge in [0.2, 0.25) is 0 Å². The van der Waals surface area contributed by atoms with Crippen molar-refractivity contribution in [1.82, 2.24) is 10.6 Å². The molecule has 2 fully saturated rings. The maximum atomic E-state index is 11.5. The number of hydrogen-bond donors (Lipinski definition) is 3. The van der Waals surface area contributed by atoms with Crippen molar-refractivity contribution in [1.29, 1.82) is 0 Å². The van der Waals surface area contributed by atoms with Crippen molar-refractivity contribution < 1.29 is 9.59 Å². The molecule has 4 N–H and O–H groups in total. The maximum Gasteiger partial charge on any atom is 0.322 e. The van der Waals surface area contributed by atoms with Gasteiger partial charge in [-0.1, -0.05) is 0 Å². The van der Waals surface area contributed by atoms with Gasteiger partial charge in [-0.25, -0.2) is 4.79 Å². The predicted molar refractivity (Wildman–Crippen MR) is 45.8 cm³/mol. The highest BCUT2D eigenvalue weighted by Gasteiger charge is 2.48. The Morgan fingerprint density at radius 1 is 1.46 bits per heavy atom. The molecule has 3 amide bonds. The molecule has 1 heterocycles. The van der Waals surface area contributed by atoms with Crippen LogP contribution in [0, 0.1) is 0 Å². The van der Waals surface area contributed by atoms with Gasteiger partial charge < -0.3 is 11.1 Å². The summed E-state index contributed by atoms with van der Waals surface area (Å²) in [4.78, 5) is 22.4. The molecule has 1 saturated heterocycles. The molecule has 1 aliphatic carbocycles. The SMILES string of the molecule is N[C@H]1CCC[C@]2(C1)NC(=O)NC2=O. The number of hydrogen-bond acceptors (Lipinski definition) is 3. The van der Waals surface area contributed by atoms with Gasteiger partial charge in [-0.15, -0.1) is 0 Å². The molecule has 0 aromatic carbocycles. The third kappa shape index (κ3) is 1.29. The summed E-state index contributed by atoms with van der Waals surface area (Å²) in [7, 11) is 0. The summed E-state index contributed by atoms with van der Waals surface area (Å²) in [5.41, 5.74) is 5.07. The fourth-order valence-electron chi connectivity index (χ4n) is 2.17. The quantitative estimate of drug-likeness (QED) is 0.441. The average molecular weight is 183 g/mol. The van der Waals surface area contributed by atoms with Gasteiger partial charge in [0, 0.05) is 6.04 Å². The Hall–Kier alpha value is -1.10. The minimum atomic E-state index is -0.700. The standard InChI is InChI=1S/C8H13N3O2/c9-5-2-1-3-8(4-5)6(12)10-7(13)11-8/h5H,1-4,9H2,(H2,10,11,12,13)/t5-,8+/m0/s1. The molecule has 0 unspecified atom stereocenters. The van der Waals surface area contributed by atoms with Crippen LogP contribution in [-0.2, 0) is 4.79 Å². The first-order chi connectivity index (χ1) is 6.12. The third-order valence-electron chi connectivity index (χ3n) is 2.80. The van der Waals surface area contributed by atoms with E-state index < -0.39 is 5.54 Å². The van der Waals surface area contributed by atoms with E-state index in [1.54, 1.807) is 0 Å². The van der Waals surface area contributed by atoms with Gasteiger partial charge in [-0.3, -0.25) is 10.1 Å². The monoisotopic (exact) mass is 183 g/mol. The number of urea groups is 1. The van der Waals surface area contributed by atoms with Gasteiger partial charge in [-0.2, -0.15) is 0 Å². The predicted octanol–water partition coefficient (Wildman–Crippen LogP) is -0.534. The molecule has 0 aromatic rings. The van der Waals surface area contributed by atoms with Crippen molar-refractivity contribution in [3.05, 3.63) is 0 Å². The van der Waals surface area contributed by atoms with E-state index in [1.165, 1.54) is 0 Å². The molecule has 2 atom stereocenters. The smallest absolute Gasteiger partial charge is 0.322 e. The summed E-state index contributed by atoms with van der Waals surface area (Å²) >= 11 is 0. The molecule has 0 radical (unpaired) electrons. The summed E-state index contributed by atoms with van der Waals surface area (Å²) in [6.45, 7) is 0. The fraction of sp³-hybridized carbons (Fsp3) is 0.750. The van der Waals surface area contributed by atoms with Crippen LogP contribution in [0.3, 0.4) is 0 Å². The molecular weight excluding hydrogens is 170 g/mol. The third-order valence-corrected chi connectivity index (χ3v) is 2.80. The largest absolute Gasteiger partial charge is 0.328 e. The van der Waals surface area contributed by atoms with Crippen LogP contribution < -0.4 is 16.4 Å². The number of carbonyl (C=O) groups excluding carboxylic acids is 2. The molecule has 1 saturated carbocycles. The number of imide groups is 1. The van der Waals surface area contributed by atoms with E-state index in [-0.39, 0.29) is 18.0 Å². The zero-order chi connectivity index (χ0) is 9.47. The van der Waals surface area contributed by atoms with E-state index >= 15 is 0 Å². The Morgan fingerprint density at radius 2 is 2.23 bits per heavy atom. The molecule has 2 rings (SSSR count). The van der Waals surface area contributed by atoms with Crippen molar-refractivity contribution in [3.8, 4) is 0 Å². The van der Waals surface area contributed by atoms with Crippen molar-refractivity contribution in [2.75, 3.05) is 0 Å². The molecule has 0 bridgehead atoms. The Kier molecular flexibility index (Phi) is 1.76. The first-order valence-corrected chi connectivity index (χ1v) is 4.52. The summed E-state index contributed by atoms with van der Waals surface area (Å²) in [5, 5.41) is 4.92. The van der Waals surface area contributed by atoms with E-state index in [0.29, 0.717) is 12.8 Å². The van der Waals surface area contributed by atoms with E-state index in [2.05, 4.69) is 10.6 Å².